The van der Waals surface area contributed by atoms with Gasteiger partial charge in [0, 0.05) is 18.1 Å². The third-order valence-electron chi connectivity index (χ3n) is 4.32. The van der Waals surface area contributed by atoms with Gasteiger partial charge in [-0.05, 0) is 23.6 Å². The minimum absolute atomic E-state index is 0.0538. The molecule has 0 saturated heterocycles. The topological polar surface area (TPSA) is 72.0 Å². The second kappa shape index (κ2) is 8.48. The van der Waals surface area contributed by atoms with Crippen LogP contribution < -0.4 is 10.3 Å². The van der Waals surface area contributed by atoms with E-state index in [1.165, 1.54) is 6.07 Å². The van der Waals surface area contributed by atoms with Crippen LogP contribution in [0.3, 0.4) is 0 Å². The maximum absolute atomic E-state index is 13.9. The molecule has 1 N–H and O–H groups in total. The van der Waals surface area contributed by atoms with Crippen LogP contribution in [0.2, 0.25) is 0 Å². The molecule has 0 unspecified atom stereocenters. The molecule has 1 aromatic heterocycles. The Bertz CT molecular complexity index is 1110. The molecule has 0 aliphatic carbocycles. The molecule has 156 valence electrons. The molecule has 3 aromatic rings. The van der Waals surface area contributed by atoms with Crippen LogP contribution in [0.15, 0.2) is 59.4 Å². The fraction of sp³-hybridized carbons (Fsp3) is 0.190. The Morgan fingerprint density at radius 1 is 1.13 bits per heavy atom. The molecule has 0 bridgehead atoms. The van der Waals surface area contributed by atoms with Gasteiger partial charge >= 0.3 is 6.36 Å². The van der Waals surface area contributed by atoms with Gasteiger partial charge < -0.3 is 9.72 Å². The SMILES string of the molecule is C[C@@H](CC(=O)c1cc(=O)[nH]c(-c2ccccc2)n1)c1ccc(OC(F)(F)F)c(F)c1. The second-order valence-electron chi connectivity index (χ2n) is 6.61. The average molecular weight is 420 g/mol. The lowest BCUT2D eigenvalue weighted by Gasteiger charge is -2.14. The quantitative estimate of drug-likeness (QED) is 0.457. The van der Waals surface area contributed by atoms with Gasteiger partial charge in [0.05, 0.1) is 0 Å². The predicted molar refractivity (Wildman–Crippen MR) is 101 cm³/mol. The molecule has 0 saturated carbocycles. The van der Waals surface area contributed by atoms with E-state index in [0.29, 0.717) is 11.1 Å². The average Bonchev–Trinajstić information content (AvgIpc) is 2.68. The largest absolute Gasteiger partial charge is 0.573 e. The molecule has 2 aromatic carbocycles. The van der Waals surface area contributed by atoms with Gasteiger partial charge in [-0.15, -0.1) is 13.2 Å². The Hall–Kier alpha value is -3.49. The smallest absolute Gasteiger partial charge is 0.403 e. The summed E-state index contributed by atoms with van der Waals surface area (Å²) in [6.07, 6.45) is -5.13. The Kier molecular flexibility index (Phi) is 6.00. The van der Waals surface area contributed by atoms with Gasteiger partial charge in [-0.25, -0.2) is 9.37 Å². The van der Waals surface area contributed by atoms with Crippen LogP contribution in [0.1, 0.15) is 35.3 Å². The minimum atomic E-state index is -5.01. The number of nitrogens with zero attached hydrogens (tertiary/aromatic N) is 1. The molecule has 0 aliphatic rings. The van der Waals surface area contributed by atoms with Gasteiger partial charge in [0.2, 0.25) is 0 Å². The van der Waals surface area contributed by atoms with E-state index in [1.54, 1.807) is 37.3 Å². The molecule has 1 atom stereocenters. The maximum atomic E-state index is 13.9. The number of aromatic amines is 1. The highest BCUT2D eigenvalue weighted by molar-refractivity contribution is 5.95. The molecule has 1 heterocycles. The number of hydrogen-bond acceptors (Lipinski definition) is 4. The number of ketones is 1. The van der Waals surface area contributed by atoms with Crippen molar-refractivity contribution in [3.63, 3.8) is 0 Å². The molecule has 0 aliphatic heterocycles. The van der Waals surface area contributed by atoms with Crippen LogP contribution in [0.25, 0.3) is 11.4 Å². The first-order valence-electron chi connectivity index (χ1n) is 8.87. The molecular weight excluding hydrogens is 404 g/mol. The van der Waals surface area contributed by atoms with Gasteiger partial charge in [-0.3, -0.25) is 9.59 Å². The first kappa shape index (κ1) is 21.2. The van der Waals surface area contributed by atoms with Crippen molar-refractivity contribution in [2.45, 2.75) is 25.6 Å². The summed E-state index contributed by atoms with van der Waals surface area (Å²) in [5.74, 6) is -2.90. The number of halogens is 4. The number of aromatic nitrogens is 2. The number of rotatable bonds is 6. The van der Waals surface area contributed by atoms with Crippen LogP contribution in [-0.4, -0.2) is 22.1 Å². The van der Waals surface area contributed by atoms with Crippen molar-refractivity contribution in [1.29, 1.82) is 0 Å². The van der Waals surface area contributed by atoms with Crippen LogP contribution >= 0.6 is 0 Å². The Morgan fingerprint density at radius 3 is 2.47 bits per heavy atom. The van der Waals surface area contributed by atoms with E-state index in [1.807, 2.05) is 0 Å². The highest BCUT2D eigenvalue weighted by Gasteiger charge is 2.32. The lowest BCUT2D eigenvalue weighted by molar-refractivity contribution is -0.275. The fourth-order valence-electron chi connectivity index (χ4n) is 2.86. The van der Waals surface area contributed by atoms with E-state index in [0.717, 1.165) is 18.2 Å². The lowest BCUT2D eigenvalue weighted by Crippen LogP contribution is -2.18. The molecule has 0 spiro atoms. The summed E-state index contributed by atoms with van der Waals surface area (Å²) in [4.78, 5) is 31.3. The summed E-state index contributed by atoms with van der Waals surface area (Å²) < 4.78 is 54.3. The summed E-state index contributed by atoms with van der Waals surface area (Å²) in [7, 11) is 0. The van der Waals surface area contributed by atoms with Crippen molar-refractivity contribution in [2.75, 3.05) is 0 Å². The number of H-pyrrole nitrogens is 1. The maximum Gasteiger partial charge on any atom is 0.573 e. The van der Waals surface area contributed by atoms with Crippen LogP contribution in [0, 0.1) is 5.82 Å². The summed E-state index contributed by atoms with van der Waals surface area (Å²) >= 11 is 0. The van der Waals surface area contributed by atoms with Crippen LogP contribution in [-0.2, 0) is 0 Å². The zero-order chi connectivity index (χ0) is 21.9. The van der Waals surface area contributed by atoms with E-state index in [9.17, 15) is 27.2 Å². The van der Waals surface area contributed by atoms with Gasteiger partial charge in [0.15, 0.2) is 17.3 Å². The number of benzene rings is 2. The molecule has 5 nitrogen and oxygen atoms in total. The molecule has 30 heavy (non-hydrogen) atoms. The molecule has 0 radical (unpaired) electrons. The van der Waals surface area contributed by atoms with Crippen molar-refractivity contribution in [3.8, 4) is 17.1 Å². The van der Waals surface area contributed by atoms with E-state index in [2.05, 4.69) is 14.7 Å². The first-order chi connectivity index (χ1) is 14.1. The number of alkyl halides is 3. The molecule has 3 rings (SSSR count). The molecular formula is C21H16F4N2O3. The number of carbonyl (C=O) groups excluding carboxylic acids is 1. The van der Waals surface area contributed by atoms with E-state index in [-0.39, 0.29) is 17.9 Å². The van der Waals surface area contributed by atoms with Gasteiger partial charge in [-0.2, -0.15) is 0 Å². The van der Waals surface area contributed by atoms with Crippen molar-refractivity contribution in [3.05, 3.63) is 82.0 Å². The van der Waals surface area contributed by atoms with Crippen molar-refractivity contribution in [2.24, 2.45) is 0 Å². The van der Waals surface area contributed by atoms with Gasteiger partial charge in [-0.1, -0.05) is 43.3 Å². The Labute approximate surface area is 168 Å². The summed E-state index contributed by atoms with van der Waals surface area (Å²) in [6.45, 7) is 1.61. The van der Waals surface area contributed by atoms with Gasteiger partial charge in [0.25, 0.3) is 5.56 Å². The molecule has 0 amide bonds. The first-order valence-corrected chi connectivity index (χ1v) is 8.87. The zero-order valence-electron chi connectivity index (χ0n) is 15.7. The summed E-state index contributed by atoms with van der Waals surface area (Å²) in [5.41, 5.74) is 0.379. The number of ether oxygens (including phenoxy) is 1. The highest BCUT2D eigenvalue weighted by Crippen LogP contribution is 2.29. The number of Topliss-reactive ketones (excluding diaryl/α,β-unsaturated/α-hetero) is 1. The number of nitrogens with one attached hydrogen (secondary N) is 1. The van der Waals surface area contributed by atoms with E-state index < -0.39 is 35.2 Å². The van der Waals surface area contributed by atoms with E-state index in [4.69, 9.17) is 0 Å². The van der Waals surface area contributed by atoms with Crippen molar-refractivity contribution >= 4 is 5.78 Å². The minimum Gasteiger partial charge on any atom is -0.403 e. The van der Waals surface area contributed by atoms with Crippen molar-refractivity contribution < 1.29 is 27.1 Å². The number of hydrogen-bond donors (Lipinski definition) is 1. The van der Waals surface area contributed by atoms with Gasteiger partial charge in [0.1, 0.15) is 11.5 Å². The third-order valence-corrected chi connectivity index (χ3v) is 4.32. The number of carbonyl (C=O) groups is 1. The fourth-order valence-corrected chi connectivity index (χ4v) is 2.86. The lowest BCUT2D eigenvalue weighted by atomic mass is 9.94. The Morgan fingerprint density at radius 2 is 1.83 bits per heavy atom. The standard InChI is InChI=1S/C21H16F4N2O3/c1-12(14-7-8-18(15(22)10-14)30-21(23,24)25)9-17(28)16-11-19(29)27-20(26-16)13-5-3-2-4-6-13/h2-8,10-12H,9H2,1H3,(H,26,27,29)/t12-/m0/s1. The molecule has 0 fully saturated rings. The summed E-state index contributed by atoms with van der Waals surface area (Å²) in [5, 5.41) is 0. The summed E-state index contributed by atoms with van der Waals surface area (Å²) in [6, 6.07) is 12.8. The van der Waals surface area contributed by atoms with Crippen molar-refractivity contribution in [1.82, 2.24) is 9.97 Å². The third kappa shape index (κ3) is 5.31. The Balaban J connectivity index is 1.78. The predicted octanol–water partition coefficient (Wildman–Crippen LogP) is 4.85. The highest BCUT2D eigenvalue weighted by atomic mass is 19.4. The molecule has 9 heteroatoms. The van der Waals surface area contributed by atoms with Crippen LogP contribution in [0.4, 0.5) is 17.6 Å². The monoisotopic (exact) mass is 420 g/mol. The van der Waals surface area contributed by atoms with Crippen LogP contribution in [0.5, 0.6) is 5.75 Å². The van der Waals surface area contributed by atoms with E-state index >= 15 is 0 Å². The second-order valence-corrected chi connectivity index (χ2v) is 6.61. The normalized spacial score (nSPS) is 12.4. The zero-order valence-corrected chi connectivity index (χ0v) is 15.7.